The molecule has 0 radical (unpaired) electrons. The number of rotatable bonds is 7. The van der Waals surface area contributed by atoms with Gasteiger partial charge < -0.3 is 4.57 Å². The van der Waals surface area contributed by atoms with E-state index < -0.39 is 0 Å². The molecule has 0 saturated heterocycles. The molecule has 3 heteroatoms. The maximum Gasteiger partial charge on any atom is 0.160 e. The van der Waals surface area contributed by atoms with Gasteiger partial charge in [-0.15, -0.1) is 0 Å². The molecule has 0 unspecified atom stereocenters. The second-order valence-corrected chi connectivity index (χ2v) is 18.7. The Morgan fingerprint density at radius 2 is 0.778 bits per heavy atom. The van der Waals surface area contributed by atoms with Gasteiger partial charge in [0.25, 0.3) is 0 Å². The van der Waals surface area contributed by atoms with Gasteiger partial charge in [0.2, 0.25) is 0 Å². The highest BCUT2D eigenvalue weighted by Gasteiger charge is 2.27. The third kappa shape index (κ3) is 7.55. The Kier molecular flexibility index (Phi) is 9.99. The standard InChI is InChI=1S/C60H51N3/c1-59(2,3)46-32-33-55-51(36-46)52-38-47(60(4,5)6)37-50(42-26-16-9-17-27-42)57(52)63(55)56-48(40-22-12-7-13-23-40)34-45(35-49(56)41-24-14-8-15-25-41)54-39-53(43-28-18-10-19-29-43)61-58(62-54)44-30-20-11-21-31-44/h7-39H,1-6H3. The predicted molar refractivity (Wildman–Crippen MR) is 266 cm³/mol. The van der Waals surface area contributed by atoms with Crippen molar-refractivity contribution in [1.82, 2.24) is 14.5 Å². The number of fused-ring (bicyclic) bond motifs is 3. The molecule has 0 amide bonds. The molecule has 3 nitrogen and oxygen atoms in total. The molecular weight excluding hydrogens is 763 g/mol. The van der Waals surface area contributed by atoms with Crippen molar-refractivity contribution < 1.29 is 0 Å². The van der Waals surface area contributed by atoms with Crippen LogP contribution in [-0.4, -0.2) is 14.5 Å². The van der Waals surface area contributed by atoms with E-state index in [4.69, 9.17) is 9.97 Å². The molecule has 2 aromatic heterocycles. The highest BCUT2D eigenvalue weighted by molar-refractivity contribution is 6.15. The Morgan fingerprint density at radius 1 is 0.349 bits per heavy atom. The molecular formula is C60H51N3. The normalized spacial score (nSPS) is 12.0. The van der Waals surface area contributed by atoms with Gasteiger partial charge in [0, 0.05) is 44.2 Å². The Labute approximate surface area is 371 Å². The monoisotopic (exact) mass is 813 g/mol. The zero-order chi connectivity index (χ0) is 43.3. The van der Waals surface area contributed by atoms with Crippen LogP contribution in [0.2, 0.25) is 0 Å². The first-order valence-corrected chi connectivity index (χ1v) is 22.0. The van der Waals surface area contributed by atoms with E-state index in [0.29, 0.717) is 5.82 Å². The van der Waals surface area contributed by atoms with E-state index in [1.54, 1.807) is 0 Å². The van der Waals surface area contributed by atoms with Crippen molar-refractivity contribution in [2.75, 3.05) is 0 Å². The van der Waals surface area contributed by atoms with Gasteiger partial charge in [-0.3, -0.25) is 0 Å². The van der Waals surface area contributed by atoms with E-state index in [9.17, 15) is 0 Å². The molecule has 0 spiro atoms. The van der Waals surface area contributed by atoms with Crippen molar-refractivity contribution in [3.63, 3.8) is 0 Å². The summed E-state index contributed by atoms with van der Waals surface area (Å²) in [5.41, 5.74) is 17.7. The fraction of sp³-hybridized carbons (Fsp3) is 0.133. The first-order chi connectivity index (χ1) is 30.5. The topological polar surface area (TPSA) is 30.7 Å². The van der Waals surface area contributed by atoms with E-state index >= 15 is 0 Å². The Bertz CT molecular complexity index is 3130. The molecule has 8 aromatic carbocycles. The van der Waals surface area contributed by atoms with Gasteiger partial charge in [0.1, 0.15) is 0 Å². The van der Waals surface area contributed by atoms with Crippen LogP contribution in [-0.2, 0) is 10.8 Å². The second kappa shape index (κ2) is 15.8. The molecule has 10 aromatic rings. The first kappa shape index (κ1) is 39.8. The van der Waals surface area contributed by atoms with Crippen molar-refractivity contribution in [3.05, 3.63) is 211 Å². The summed E-state index contributed by atoms with van der Waals surface area (Å²) in [5.74, 6) is 0.692. The molecule has 0 N–H and O–H groups in total. The lowest BCUT2D eigenvalue weighted by Gasteiger charge is -2.24. The van der Waals surface area contributed by atoms with E-state index in [1.807, 2.05) is 24.3 Å². The minimum atomic E-state index is -0.0748. The summed E-state index contributed by atoms with van der Waals surface area (Å²) in [4.78, 5) is 10.5. The summed E-state index contributed by atoms with van der Waals surface area (Å²) >= 11 is 0. The van der Waals surface area contributed by atoms with Gasteiger partial charge >= 0.3 is 0 Å². The Hall–Kier alpha value is -7.36. The second-order valence-electron chi connectivity index (χ2n) is 18.7. The summed E-state index contributed by atoms with van der Waals surface area (Å²) < 4.78 is 2.57. The fourth-order valence-electron chi connectivity index (χ4n) is 8.88. The maximum atomic E-state index is 5.36. The quantitative estimate of drug-likeness (QED) is 0.160. The van der Waals surface area contributed by atoms with Crippen molar-refractivity contribution in [2.24, 2.45) is 0 Å². The highest BCUT2D eigenvalue weighted by atomic mass is 15.0. The first-order valence-electron chi connectivity index (χ1n) is 22.0. The van der Waals surface area contributed by atoms with Crippen LogP contribution >= 0.6 is 0 Å². The van der Waals surface area contributed by atoms with Crippen LogP contribution in [0.3, 0.4) is 0 Å². The third-order valence-electron chi connectivity index (χ3n) is 12.3. The number of hydrogen-bond donors (Lipinski definition) is 0. The molecule has 0 aliphatic heterocycles. The molecule has 0 fully saturated rings. The molecule has 63 heavy (non-hydrogen) atoms. The van der Waals surface area contributed by atoms with Crippen LogP contribution in [0.25, 0.3) is 94.8 Å². The summed E-state index contributed by atoms with van der Waals surface area (Å²) in [6.45, 7) is 13.9. The number of nitrogens with zero attached hydrogens (tertiary/aromatic N) is 3. The minimum absolute atomic E-state index is 0.0344. The van der Waals surface area contributed by atoms with Gasteiger partial charge in [-0.1, -0.05) is 199 Å². The Morgan fingerprint density at radius 3 is 1.27 bits per heavy atom. The van der Waals surface area contributed by atoms with Gasteiger partial charge in [0.15, 0.2) is 5.82 Å². The van der Waals surface area contributed by atoms with Gasteiger partial charge in [0.05, 0.1) is 28.1 Å². The van der Waals surface area contributed by atoms with Crippen molar-refractivity contribution >= 4 is 21.8 Å². The zero-order valence-corrected chi connectivity index (χ0v) is 36.9. The third-order valence-corrected chi connectivity index (χ3v) is 12.3. The molecule has 0 aliphatic carbocycles. The number of hydrogen-bond acceptors (Lipinski definition) is 2. The van der Waals surface area contributed by atoms with Gasteiger partial charge in [-0.05, 0) is 81.1 Å². The predicted octanol–water partition coefficient (Wildman–Crippen LogP) is 16.2. The summed E-state index contributed by atoms with van der Waals surface area (Å²) in [6, 6.07) is 72.3. The maximum absolute atomic E-state index is 5.36. The largest absolute Gasteiger partial charge is 0.307 e. The van der Waals surface area contributed by atoms with Gasteiger partial charge in [-0.25, -0.2) is 9.97 Å². The molecule has 306 valence electrons. The molecule has 0 bridgehead atoms. The Balaban J connectivity index is 1.38. The minimum Gasteiger partial charge on any atom is -0.307 e. The summed E-state index contributed by atoms with van der Waals surface area (Å²) in [7, 11) is 0. The average molecular weight is 814 g/mol. The van der Waals surface area contributed by atoms with Crippen LogP contribution in [0, 0.1) is 0 Å². The van der Waals surface area contributed by atoms with E-state index in [0.717, 1.165) is 56.0 Å². The molecule has 2 heterocycles. The van der Waals surface area contributed by atoms with E-state index in [2.05, 4.69) is 222 Å². The summed E-state index contributed by atoms with van der Waals surface area (Å²) in [6.07, 6.45) is 0. The fourth-order valence-corrected chi connectivity index (χ4v) is 8.88. The smallest absolute Gasteiger partial charge is 0.160 e. The van der Waals surface area contributed by atoms with Crippen LogP contribution < -0.4 is 0 Å². The lowest BCUT2D eigenvalue weighted by atomic mass is 9.83. The van der Waals surface area contributed by atoms with Crippen molar-refractivity contribution in [2.45, 2.75) is 52.4 Å². The zero-order valence-electron chi connectivity index (χ0n) is 36.9. The van der Waals surface area contributed by atoms with E-state index in [1.165, 1.54) is 44.1 Å². The van der Waals surface area contributed by atoms with Crippen LogP contribution in [0.4, 0.5) is 0 Å². The van der Waals surface area contributed by atoms with E-state index in [-0.39, 0.29) is 10.8 Å². The van der Waals surface area contributed by atoms with Crippen LogP contribution in [0.1, 0.15) is 52.7 Å². The van der Waals surface area contributed by atoms with Crippen LogP contribution in [0.5, 0.6) is 0 Å². The summed E-state index contributed by atoms with van der Waals surface area (Å²) in [5, 5.41) is 2.50. The lowest BCUT2D eigenvalue weighted by Crippen LogP contribution is -2.11. The average Bonchev–Trinajstić information content (AvgIpc) is 3.65. The van der Waals surface area contributed by atoms with Crippen molar-refractivity contribution in [1.29, 1.82) is 0 Å². The SMILES string of the molecule is CC(C)(C)c1ccc2c(c1)c1cc(C(C)(C)C)cc(-c3ccccc3)c1n2-c1c(-c2ccccc2)cc(-c2cc(-c3ccccc3)nc(-c3ccccc3)n2)cc1-c1ccccc1. The van der Waals surface area contributed by atoms with Crippen molar-refractivity contribution in [3.8, 4) is 73.0 Å². The number of aromatic nitrogens is 3. The van der Waals surface area contributed by atoms with Crippen LogP contribution in [0.15, 0.2) is 200 Å². The highest BCUT2D eigenvalue weighted by Crippen LogP contribution is 2.48. The molecule has 0 aliphatic rings. The molecule has 0 atom stereocenters. The lowest BCUT2D eigenvalue weighted by molar-refractivity contribution is 0.590. The number of benzene rings is 8. The van der Waals surface area contributed by atoms with Gasteiger partial charge in [-0.2, -0.15) is 0 Å². The molecule has 10 rings (SSSR count). The molecule has 0 saturated carbocycles.